The summed E-state index contributed by atoms with van der Waals surface area (Å²) in [6.45, 7) is 0. The van der Waals surface area contributed by atoms with Crippen LogP contribution < -0.4 is 0 Å². The van der Waals surface area contributed by atoms with Crippen LogP contribution in [0.1, 0.15) is 0 Å². The molecule has 4 heterocycles. The molecule has 0 N–H and O–H groups in total. The number of fused-ring (bicyclic) bond motifs is 11. The SMILES string of the molecule is c1ccc(-c2cc(-c3ccccc3)nc(-c3cccc(-n4c5ccccc5c5ccc6c7ccc8oc9ccccc9c8c7n(-c7ccccc7)c6c54)c3)n2)cc1. The second kappa shape index (κ2) is 12.4. The Labute approximate surface area is 327 Å². The second-order valence-corrected chi connectivity index (χ2v) is 14.6. The van der Waals surface area contributed by atoms with Gasteiger partial charge in [0, 0.05) is 55.0 Å². The van der Waals surface area contributed by atoms with Crippen molar-refractivity contribution in [3.63, 3.8) is 0 Å². The molecule has 0 aliphatic rings. The Morgan fingerprint density at radius 3 is 1.63 bits per heavy atom. The number of aromatic nitrogens is 4. The Kier molecular flexibility index (Phi) is 6.86. The molecule has 8 aromatic carbocycles. The van der Waals surface area contributed by atoms with Crippen LogP contribution in [0.4, 0.5) is 0 Å². The molecule has 0 amide bonds. The number of benzene rings is 8. The fourth-order valence-electron chi connectivity index (χ4n) is 8.82. The van der Waals surface area contributed by atoms with Crippen molar-refractivity contribution in [3.8, 4) is 45.3 Å². The smallest absolute Gasteiger partial charge is 0.160 e. The van der Waals surface area contributed by atoms with E-state index in [2.05, 4.69) is 185 Å². The van der Waals surface area contributed by atoms with Crippen molar-refractivity contribution in [2.75, 3.05) is 0 Å². The van der Waals surface area contributed by atoms with Gasteiger partial charge >= 0.3 is 0 Å². The number of hydrogen-bond donors (Lipinski definition) is 0. The zero-order valence-corrected chi connectivity index (χ0v) is 30.7. The van der Waals surface area contributed by atoms with Gasteiger partial charge < -0.3 is 13.6 Å². The van der Waals surface area contributed by atoms with Crippen molar-refractivity contribution < 1.29 is 4.42 Å². The molecule has 266 valence electrons. The minimum atomic E-state index is 0.676. The van der Waals surface area contributed by atoms with Crippen LogP contribution >= 0.6 is 0 Å². The Hall–Kier alpha value is -7.76. The number of rotatable bonds is 5. The van der Waals surface area contributed by atoms with E-state index in [1.807, 2.05) is 18.2 Å². The standard InChI is InChI=1S/C52H32N4O/c1-4-15-33(16-5-1)43-32-44(34-17-6-2-7-18-34)54-52(53-43)35-19-14-22-37(31-35)55-45-25-12-10-23-38(45)39-27-28-41-40-29-30-47-48(42-24-11-13-26-46(42)57-47)49(40)56(51(41)50(39)55)36-20-8-3-9-21-36/h1-32H. The van der Waals surface area contributed by atoms with E-state index in [0.717, 1.165) is 83.5 Å². The Morgan fingerprint density at radius 1 is 0.351 bits per heavy atom. The van der Waals surface area contributed by atoms with Crippen molar-refractivity contribution >= 4 is 65.6 Å². The van der Waals surface area contributed by atoms with Crippen LogP contribution in [0.2, 0.25) is 0 Å². The second-order valence-electron chi connectivity index (χ2n) is 14.6. The van der Waals surface area contributed by atoms with Crippen molar-refractivity contribution in [1.82, 2.24) is 19.1 Å². The molecule has 0 fully saturated rings. The molecule has 12 aromatic rings. The van der Waals surface area contributed by atoms with Gasteiger partial charge in [-0.15, -0.1) is 0 Å². The van der Waals surface area contributed by atoms with Crippen LogP contribution in [0.5, 0.6) is 0 Å². The summed E-state index contributed by atoms with van der Waals surface area (Å²) in [5.74, 6) is 0.676. The fraction of sp³-hybridized carbons (Fsp3) is 0. The molecular weight excluding hydrogens is 697 g/mol. The third kappa shape index (κ3) is 4.82. The molecule has 12 rings (SSSR count). The molecular formula is C52H32N4O. The van der Waals surface area contributed by atoms with Crippen LogP contribution in [0.15, 0.2) is 199 Å². The van der Waals surface area contributed by atoms with Gasteiger partial charge in [0.15, 0.2) is 5.82 Å². The van der Waals surface area contributed by atoms with E-state index >= 15 is 0 Å². The number of nitrogens with zero attached hydrogens (tertiary/aromatic N) is 4. The van der Waals surface area contributed by atoms with E-state index in [9.17, 15) is 0 Å². The normalized spacial score (nSPS) is 11.9. The third-order valence-corrected chi connectivity index (χ3v) is 11.3. The van der Waals surface area contributed by atoms with Gasteiger partial charge in [-0.2, -0.15) is 0 Å². The Bertz CT molecular complexity index is 3450. The Balaban J connectivity index is 1.18. The number of furan rings is 1. The molecule has 0 aliphatic carbocycles. The highest BCUT2D eigenvalue weighted by Crippen LogP contribution is 2.45. The van der Waals surface area contributed by atoms with E-state index in [1.54, 1.807) is 0 Å². The van der Waals surface area contributed by atoms with E-state index < -0.39 is 0 Å². The van der Waals surface area contributed by atoms with E-state index in [-0.39, 0.29) is 0 Å². The first-order valence-corrected chi connectivity index (χ1v) is 19.3. The van der Waals surface area contributed by atoms with E-state index in [1.165, 1.54) is 21.5 Å². The summed E-state index contributed by atoms with van der Waals surface area (Å²) in [4.78, 5) is 10.4. The minimum Gasteiger partial charge on any atom is -0.456 e. The lowest BCUT2D eigenvalue weighted by Gasteiger charge is -2.14. The van der Waals surface area contributed by atoms with Gasteiger partial charge in [-0.3, -0.25) is 0 Å². The van der Waals surface area contributed by atoms with Crippen LogP contribution in [0.3, 0.4) is 0 Å². The van der Waals surface area contributed by atoms with E-state index in [4.69, 9.17) is 14.4 Å². The average Bonchev–Trinajstić information content (AvgIpc) is 3.95. The third-order valence-electron chi connectivity index (χ3n) is 11.3. The lowest BCUT2D eigenvalue weighted by molar-refractivity contribution is 0.669. The maximum atomic E-state index is 6.47. The highest BCUT2D eigenvalue weighted by Gasteiger charge is 2.24. The summed E-state index contributed by atoms with van der Waals surface area (Å²) >= 11 is 0. The maximum absolute atomic E-state index is 6.47. The van der Waals surface area contributed by atoms with Gasteiger partial charge in [-0.1, -0.05) is 140 Å². The highest BCUT2D eigenvalue weighted by molar-refractivity contribution is 6.29. The number of hydrogen-bond acceptors (Lipinski definition) is 3. The quantitative estimate of drug-likeness (QED) is 0.177. The molecule has 0 saturated heterocycles. The molecule has 5 nitrogen and oxygen atoms in total. The molecule has 4 aromatic heterocycles. The van der Waals surface area contributed by atoms with Crippen LogP contribution in [-0.4, -0.2) is 19.1 Å². The average molecular weight is 729 g/mol. The summed E-state index contributed by atoms with van der Waals surface area (Å²) in [7, 11) is 0. The van der Waals surface area contributed by atoms with Crippen molar-refractivity contribution in [2.24, 2.45) is 0 Å². The van der Waals surface area contributed by atoms with Crippen LogP contribution in [-0.2, 0) is 0 Å². The molecule has 0 bridgehead atoms. The van der Waals surface area contributed by atoms with Crippen molar-refractivity contribution in [1.29, 1.82) is 0 Å². The lowest BCUT2D eigenvalue weighted by atomic mass is 10.1. The van der Waals surface area contributed by atoms with Crippen molar-refractivity contribution in [3.05, 3.63) is 194 Å². The predicted molar refractivity (Wildman–Crippen MR) is 234 cm³/mol. The van der Waals surface area contributed by atoms with Gasteiger partial charge in [0.2, 0.25) is 0 Å². The monoisotopic (exact) mass is 728 g/mol. The highest BCUT2D eigenvalue weighted by atomic mass is 16.3. The minimum absolute atomic E-state index is 0.676. The summed E-state index contributed by atoms with van der Waals surface area (Å²) in [5, 5.41) is 6.96. The molecule has 57 heavy (non-hydrogen) atoms. The van der Waals surface area contributed by atoms with Crippen molar-refractivity contribution in [2.45, 2.75) is 0 Å². The van der Waals surface area contributed by atoms with Crippen LogP contribution in [0.25, 0.3) is 111 Å². The van der Waals surface area contributed by atoms with Gasteiger partial charge in [0.25, 0.3) is 0 Å². The largest absolute Gasteiger partial charge is 0.456 e. The topological polar surface area (TPSA) is 48.8 Å². The van der Waals surface area contributed by atoms with Gasteiger partial charge in [0.05, 0.1) is 38.8 Å². The maximum Gasteiger partial charge on any atom is 0.160 e. The summed E-state index contributed by atoms with van der Waals surface area (Å²) in [6, 6.07) is 68.2. The van der Waals surface area contributed by atoms with Crippen LogP contribution in [0, 0.1) is 0 Å². The zero-order chi connectivity index (χ0) is 37.5. The predicted octanol–water partition coefficient (Wildman–Crippen LogP) is 13.6. The molecule has 0 radical (unpaired) electrons. The van der Waals surface area contributed by atoms with Gasteiger partial charge in [0.1, 0.15) is 11.2 Å². The number of para-hydroxylation sites is 3. The fourth-order valence-corrected chi connectivity index (χ4v) is 8.82. The summed E-state index contributed by atoms with van der Waals surface area (Å²) in [6.07, 6.45) is 0. The lowest BCUT2D eigenvalue weighted by Crippen LogP contribution is -2.00. The van der Waals surface area contributed by atoms with E-state index in [0.29, 0.717) is 5.82 Å². The molecule has 5 heteroatoms. The van der Waals surface area contributed by atoms with Gasteiger partial charge in [-0.05, 0) is 54.6 Å². The first-order valence-electron chi connectivity index (χ1n) is 19.3. The molecule has 0 aliphatic heterocycles. The first-order chi connectivity index (χ1) is 28.3. The van der Waals surface area contributed by atoms with Gasteiger partial charge in [-0.25, -0.2) is 9.97 Å². The Morgan fingerprint density at radius 2 is 0.895 bits per heavy atom. The molecule has 0 saturated carbocycles. The molecule has 0 unspecified atom stereocenters. The zero-order valence-electron chi connectivity index (χ0n) is 30.7. The molecule has 0 spiro atoms. The molecule has 0 atom stereocenters. The summed E-state index contributed by atoms with van der Waals surface area (Å²) in [5.41, 5.74) is 13.2. The summed E-state index contributed by atoms with van der Waals surface area (Å²) < 4.78 is 11.4. The first kappa shape index (κ1) is 31.6.